The van der Waals surface area contributed by atoms with Gasteiger partial charge in [-0.1, -0.05) is 0 Å². The van der Waals surface area contributed by atoms with Gasteiger partial charge in [-0.05, 0) is 51.5 Å². The highest BCUT2D eigenvalue weighted by molar-refractivity contribution is 6.10. The fourth-order valence-corrected chi connectivity index (χ4v) is 4.55. The summed E-state index contributed by atoms with van der Waals surface area (Å²) in [6.07, 6.45) is 0. The van der Waals surface area contributed by atoms with E-state index in [0.717, 1.165) is 17.0 Å². The average molecular weight is 523 g/mol. The van der Waals surface area contributed by atoms with Crippen LogP contribution in [-0.4, -0.2) is 53.7 Å². The normalized spacial score (nSPS) is 20.8. The number of hydrazone groups is 2. The van der Waals surface area contributed by atoms with Crippen molar-refractivity contribution < 1.29 is 24.0 Å². The molecule has 2 aromatic carbocycles. The van der Waals surface area contributed by atoms with Gasteiger partial charge in [0, 0.05) is 17.3 Å². The number of hydrogen-bond acceptors (Lipinski definition) is 11. The number of aryl methyl sites for hydroxylation is 2. The second kappa shape index (κ2) is 9.21. The van der Waals surface area contributed by atoms with Gasteiger partial charge >= 0.3 is 0 Å². The molecule has 2 unspecified atom stereocenters. The van der Waals surface area contributed by atoms with Crippen molar-refractivity contribution in [3.63, 3.8) is 0 Å². The summed E-state index contributed by atoms with van der Waals surface area (Å²) in [5, 5.41) is 19.0. The molecule has 0 bridgehead atoms. The van der Waals surface area contributed by atoms with Crippen LogP contribution in [0.5, 0.6) is 11.5 Å². The van der Waals surface area contributed by atoms with Gasteiger partial charge in [0.1, 0.15) is 36.8 Å². The molecular weight excluding hydrogens is 496 g/mol. The minimum Gasteiger partial charge on any atom is -0.483 e. The molecule has 2 aromatic rings. The number of amidine groups is 2. The van der Waals surface area contributed by atoms with Crippen molar-refractivity contribution in [1.29, 1.82) is 0 Å². The van der Waals surface area contributed by atoms with Gasteiger partial charge in [-0.3, -0.25) is 19.7 Å². The number of nitro groups is 1. The maximum Gasteiger partial charge on any atom is 0.274 e. The molecule has 0 radical (unpaired) electrons. The fourth-order valence-electron chi connectivity index (χ4n) is 4.55. The Morgan fingerprint density at radius 2 is 1.37 bits per heavy atom. The lowest BCUT2D eigenvalue weighted by atomic mass is 10.1. The number of nitrogens with zero attached hydrogens (tertiary/aromatic N) is 5. The van der Waals surface area contributed by atoms with E-state index in [1.54, 1.807) is 24.8 Å². The topological polar surface area (TPSA) is 177 Å². The lowest BCUT2D eigenvalue weighted by molar-refractivity contribution is -0.385. The first-order chi connectivity index (χ1) is 18.1. The fraction of sp³-hybridized carbons (Fsp3) is 0.333. The average Bonchev–Trinajstić information content (AvgIpc) is 2.88. The summed E-state index contributed by atoms with van der Waals surface area (Å²) >= 11 is 0. The van der Waals surface area contributed by atoms with Gasteiger partial charge < -0.3 is 25.0 Å². The molecule has 198 valence electrons. The molecule has 0 fully saturated rings. The lowest BCUT2D eigenvalue weighted by Crippen LogP contribution is -2.55. The van der Waals surface area contributed by atoms with Gasteiger partial charge in [0.15, 0.2) is 11.7 Å². The number of nitrogens with two attached hydrogens (primary N) is 1. The van der Waals surface area contributed by atoms with Crippen LogP contribution < -0.4 is 35.9 Å². The minimum atomic E-state index is -0.493. The molecule has 6 rings (SSSR count). The standard InChI is InChI=1S/C12H12N4O4.C12H14N4O2/c1-6-3-10-9(4-8(6)16(18)19)15-7(2)12(17)14-13-11(15)5-20-10;1-6-3-10-9(4-8(6)13)16-7(2)12(17)15-14-11(16)5-18-10/h3-4,7H,5H2,1-2H3,(H,14,17);3-4,7H,5,13H2,1-2H3,(H,15,17). The summed E-state index contributed by atoms with van der Waals surface area (Å²) in [7, 11) is 0. The quantitative estimate of drug-likeness (QED) is 0.285. The molecule has 2 amide bonds. The van der Waals surface area contributed by atoms with Crippen molar-refractivity contribution in [2.75, 3.05) is 28.7 Å². The van der Waals surface area contributed by atoms with Crippen molar-refractivity contribution in [1.82, 2.24) is 10.9 Å². The molecule has 0 spiro atoms. The highest BCUT2D eigenvalue weighted by Gasteiger charge is 2.37. The number of nitrogens with one attached hydrogen (secondary N) is 2. The lowest BCUT2D eigenvalue weighted by Gasteiger charge is -2.38. The Bertz CT molecular complexity index is 1440. The van der Waals surface area contributed by atoms with E-state index in [2.05, 4.69) is 21.1 Å². The zero-order valence-electron chi connectivity index (χ0n) is 21.1. The van der Waals surface area contributed by atoms with Crippen LogP contribution in [0.25, 0.3) is 0 Å². The molecule has 14 nitrogen and oxygen atoms in total. The van der Waals surface area contributed by atoms with E-state index in [4.69, 9.17) is 15.2 Å². The Balaban J connectivity index is 0.000000156. The molecule has 4 N–H and O–H groups in total. The Kier molecular flexibility index (Phi) is 6.01. The van der Waals surface area contributed by atoms with Crippen LogP contribution in [0.1, 0.15) is 25.0 Å². The zero-order valence-corrected chi connectivity index (χ0v) is 21.1. The third kappa shape index (κ3) is 4.09. The van der Waals surface area contributed by atoms with Crippen LogP contribution in [0.4, 0.5) is 22.7 Å². The number of benzene rings is 2. The molecule has 0 saturated heterocycles. The second-order valence-electron chi connectivity index (χ2n) is 9.22. The predicted octanol–water partition coefficient (Wildman–Crippen LogP) is 1.54. The summed E-state index contributed by atoms with van der Waals surface area (Å²) in [5.74, 6) is 2.09. The van der Waals surface area contributed by atoms with Gasteiger partial charge in [0.25, 0.3) is 17.5 Å². The maximum absolute atomic E-state index is 11.7. The molecular formula is C24H26N8O6. The number of amides is 2. The summed E-state index contributed by atoms with van der Waals surface area (Å²) < 4.78 is 11.2. The van der Waals surface area contributed by atoms with Crippen molar-refractivity contribution in [3.8, 4) is 11.5 Å². The Morgan fingerprint density at radius 1 is 0.895 bits per heavy atom. The number of anilines is 3. The largest absolute Gasteiger partial charge is 0.483 e. The number of rotatable bonds is 1. The third-order valence-electron chi connectivity index (χ3n) is 6.73. The first-order valence-electron chi connectivity index (χ1n) is 11.8. The summed E-state index contributed by atoms with van der Waals surface area (Å²) in [5.41, 5.74) is 14.3. The minimum absolute atomic E-state index is 0.00761. The van der Waals surface area contributed by atoms with E-state index in [1.807, 2.05) is 30.9 Å². The van der Waals surface area contributed by atoms with Crippen LogP contribution in [-0.2, 0) is 9.59 Å². The number of carbonyl (C=O) groups excluding carboxylic acids is 2. The molecule has 0 aliphatic carbocycles. The van der Waals surface area contributed by atoms with Gasteiger partial charge in [-0.2, -0.15) is 10.2 Å². The molecule has 0 aromatic heterocycles. The highest BCUT2D eigenvalue weighted by atomic mass is 16.6. The Hall–Kier alpha value is -4.88. The monoisotopic (exact) mass is 522 g/mol. The van der Waals surface area contributed by atoms with Gasteiger partial charge in [-0.25, -0.2) is 10.9 Å². The van der Waals surface area contributed by atoms with E-state index in [1.165, 1.54) is 6.07 Å². The second-order valence-corrected chi connectivity index (χ2v) is 9.22. The van der Waals surface area contributed by atoms with Crippen LogP contribution in [0.2, 0.25) is 0 Å². The number of carbonyl (C=O) groups is 2. The van der Waals surface area contributed by atoms with E-state index >= 15 is 0 Å². The van der Waals surface area contributed by atoms with Crippen LogP contribution in [0.3, 0.4) is 0 Å². The smallest absolute Gasteiger partial charge is 0.274 e. The number of nitrogen functional groups attached to an aromatic ring is 1. The molecule has 2 atom stereocenters. The SMILES string of the molecule is Cc1cc2c(cc1N)N1C(=NNC(=O)C1C)CO2.Cc1cc2c(cc1[N+](=O)[O-])N1C(=NNC(=O)C1C)CO2. The van der Waals surface area contributed by atoms with Gasteiger partial charge in [0.2, 0.25) is 0 Å². The van der Waals surface area contributed by atoms with Gasteiger partial charge in [-0.15, -0.1) is 0 Å². The van der Waals surface area contributed by atoms with Crippen molar-refractivity contribution >= 4 is 46.2 Å². The Labute approximate surface area is 217 Å². The van der Waals surface area contributed by atoms with E-state index in [9.17, 15) is 19.7 Å². The first kappa shape index (κ1) is 24.8. The third-order valence-corrected chi connectivity index (χ3v) is 6.73. The summed E-state index contributed by atoms with van der Waals surface area (Å²) in [6, 6.07) is 5.95. The van der Waals surface area contributed by atoms with E-state index in [-0.39, 0.29) is 30.2 Å². The Morgan fingerprint density at radius 3 is 1.87 bits per heavy atom. The number of nitro benzene ring substituents is 1. The van der Waals surface area contributed by atoms with Crippen molar-refractivity contribution in [2.45, 2.75) is 39.8 Å². The number of ether oxygens (including phenoxy) is 2. The van der Waals surface area contributed by atoms with E-state index < -0.39 is 11.0 Å². The van der Waals surface area contributed by atoms with Crippen LogP contribution in [0.15, 0.2) is 34.5 Å². The molecule has 4 aliphatic heterocycles. The zero-order chi connectivity index (χ0) is 27.3. The number of fused-ring (bicyclic) bond motifs is 6. The van der Waals surface area contributed by atoms with E-state index in [0.29, 0.717) is 41.0 Å². The molecule has 14 heteroatoms. The van der Waals surface area contributed by atoms with Gasteiger partial charge in [0.05, 0.1) is 16.3 Å². The maximum atomic E-state index is 11.7. The van der Waals surface area contributed by atoms with Crippen molar-refractivity contribution in [2.24, 2.45) is 10.2 Å². The van der Waals surface area contributed by atoms with Crippen LogP contribution in [0, 0.1) is 24.0 Å². The highest BCUT2D eigenvalue weighted by Crippen LogP contribution is 2.40. The van der Waals surface area contributed by atoms with Crippen LogP contribution >= 0.6 is 0 Å². The summed E-state index contributed by atoms with van der Waals surface area (Å²) in [4.78, 5) is 37.5. The predicted molar refractivity (Wildman–Crippen MR) is 139 cm³/mol. The molecule has 4 aliphatic rings. The number of hydrogen-bond donors (Lipinski definition) is 3. The molecule has 38 heavy (non-hydrogen) atoms. The molecule has 0 saturated carbocycles. The van der Waals surface area contributed by atoms with Crippen molar-refractivity contribution in [3.05, 3.63) is 45.5 Å². The molecule has 4 heterocycles. The summed E-state index contributed by atoms with van der Waals surface area (Å²) in [6.45, 7) is 7.68. The first-order valence-corrected chi connectivity index (χ1v) is 11.8.